The molecule has 7 heteroatoms. The largest absolute Gasteiger partial charge is 0.478 e. The Kier molecular flexibility index (Phi) is 5.10. The summed E-state index contributed by atoms with van der Waals surface area (Å²) in [5, 5.41) is 9.40. The van der Waals surface area contributed by atoms with Gasteiger partial charge < -0.3 is 14.7 Å². The number of piperidine rings is 1. The highest BCUT2D eigenvalue weighted by molar-refractivity contribution is 7.16. The first-order valence-corrected chi connectivity index (χ1v) is 10.6. The van der Waals surface area contributed by atoms with Gasteiger partial charge in [-0.25, -0.2) is 4.79 Å². The Morgan fingerprint density at radius 2 is 1.86 bits per heavy atom. The van der Waals surface area contributed by atoms with Crippen molar-refractivity contribution >= 4 is 40.6 Å². The van der Waals surface area contributed by atoms with Crippen LogP contribution in [0.5, 0.6) is 0 Å². The molecule has 0 radical (unpaired) electrons. The van der Waals surface area contributed by atoms with Gasteiger partial charge in [-0.3, -0.25) is 4.79 Å². The van der Waals surface area contributed by atoms with Crippen molar-refractivity contribution < 1.29 is 19.4 Å². The van der Waals surface area contributed by atoms with E-state index in [0.29, 0.717) is 9.90 Å². The van der Waals surface area contributed by atoms with E-state index in [1.54, 1.807) is 6.07 Å². The van der Waals surface area contributed by atoms with E-state index in [9.17, 15) is 14.7 Å². The number of benzene rings is 1. The van der Waals surface area contributed by atoms with E-state index in [1.807, 2.05) is 12.1 Å². The van der Waals surface area contributed by atoms with Crippen LogP contribution in [-0.2, 0) is 14.9 Å². The molecule has 0 atom stereocenters. The monoisotopic (exact) mass is 419 g/mol. The fourth-order valence-electron chi connectivity index (χ4n) is 4.17. The smallest absolute Gasteiger partial charge is 0.336 e. The highest BCUT2D eigenvalue weighted by Gasteiger charge is 2.52. The molecule has 2 aliphatic rings. The standard InChI is InChI=1S/C21H22ClNO4S/c1-27-20(26)21(8-9-21)14-2-4-15(5-3-14)23-10-6-13(7-11-23)18-16(19(24)25)12-17(22)28-18/h2-5,12-13H,6-11H2,1H3,(H,24,25). The van der Waals surface area contributed by atoms with Gasteiger partial charge in [0.15, 0.2) is 0 Å². The van der Waals surface area contributed by atoms with Gasteiger partial charge >= 0.3 is 11.9 Å². The van der Waals surface area contributed by atoms with Crippen LogP contribution < -0.4 is 4.90 Å². The summed E-state index contributed by atoms with van der Waals surface area (Å²) >= 11 is 7.44. The molecule has 0 spiro atoms. The Hall–Kier alpha value is -2.05. The van der Waals surface area contributed by atoms with Crippen LogP contribution in [0.15, 0.2) is 30.3 Å². The fraction of sp³-hybridized carbons (Fsp3) is 0.429. The zero-order valence-corrected chi connectivity index (χ0v) is 17.2. The van der Waals surface area contributed by atoms with Crippen molar-refractivity contribution in [2.45, 2.75) is 37.0 Å². The molecule has 0 amide bonds. The number of ether oxygens (including phenoxy) is 1. The molecule has 148 valence electrons. The molecule has 4 rings (SSSR count). The summed E-state index contributed by atoms with van der Waals surface area (Å²) in [4.78, 5) is 26.7. The number of anilines is 1. The van der Waals surface area contributed by atoms with Crippen molar-refractivity contribution in [1.82, 2.24) is 0 Å². The number of hydrogen-bond acceptors (Lipinski definition) is 5. The van der Waals surface area contributed by atoms with Crippen molar-refractivity contribution in [1.29, 1.82) is 0 Å². The van der Waals surface area contributed by atoms with E-state index in [1.165, 1.54) is 18.4 Å². The number of esters is 1. The zero-order chi connectivity index (χ0) is 19.9. The first kappa shape index (κ1) is 19.3. The number of rotatable bonds is 5. The van der Waals surface area contributed by atoms with Crippen LogP contribution in [0, 0.1) is 0 Å². The van der Waals surface area contributed by atoms with Crippen molar-refractivity contribution in [2.75, 3.05) is 25.1 Å². The van der Waals surface area contributed by atoms with E-state index in [0.717, 1.165) is 54.9 Å². The Morgan fingerprint density at radius 3 is 2.39 bits per heavy atom. The maximum Gasteiger partial charge on any atom is 0.336 e. The Bertz CT molecular complexity index is 896. The zero-order valence-electron chi connectivity index (χ0n) is 15.6. The second-order valence-corrected chi connectivity index (χ2v) is 9.23. The maximum atomic E-state index is 12.0. The molecule has 5 nitrogen and oxygen atoms in total. The highest BCUT2D eigenvalue weighted by atomic mass is 35.5. The van der Waals surface area contributed by atoms with Gasteiger partial charge in [0.05, 0.1) is 22.4 Å². The van der Waals surface area contributed by atoms with Gasteiger partial charge in [-0.15, -0.1) is 11.3 Å². The molecule has 1 aromatic heterocycles. The predicted octanol–water partition coefficient (Wildman–Crippen LogP) is 4.69. The molecule has 1 aliphatic heterocycles. The molecule has 0 unspecified atom stereocenters. The van der Waals surface area contributed by atoms with Crippen LogP contribution in [0.1, 0.15) is 52.4 Å². The summed E-state index contributed by atoms with van der Waals surface area (Å²) in [6, 6.07) is 9.77. The van der Waals surface area contributed by atoms with Gasteiger partial charge in [-0.05, 0) is 55.4 Å². The van der Waals surface area contributed by atoms with Gasteiger partial charge in [-0.2, -0.15) is 0 Å². The van der Waals surface area contributed by atoms with Crippen LogP contribution in [0.25, 0.3) is 0 Å². The third-order valence-corrected chi connectivity index (χ3v) is 7.36. The summed E-state index contributed by atoms with van der Waals surface area (Å²) in [5.41, 5.74) is 2.06. The quantitative estimate of drug-likeness (QED) is 0.712. The van der Waals surface area contributed by atoms with Crippen molar-refractivity contribution in [2.24, 2.45) is 0 Å². The minimum Gasteiger partial charge on any atom is -0.478 e. The molecule has 1 N–H and O–H groups in total. The number of carbonyl (C=O) groups excluding carboxylic acids is 1. The summed E-state index contributed by atoms with van der Waals surface area (Å²) < 4.78 is 5.49. The summed E-state index contributed by atoms with van der Waals surface area (Å²) in [6.07, 6.45) is 3.48. The van der Waals surface area contributed by atoms with Gasteiger partial charge in [0, 0.05) is 23.7 Å². The summed E-state index contributed by atoms with van der Waals surface area (Å²) in [7, 11) is 1.44. The third-order valence-electron chi connectivity index (χ3n) is 5.94. The van der Waals surface area contributed by atoms with E-state index in [-0.39, 0.29) is 11.9 Å². The molecule has 2 aromatic rings. The first-order valence-electron chi connectivity index (χ1n) is 9.41. The number of hydrogen-bond donors (Lipinski definition) is 1. The number of carbonyl (C=O) groups is 2. The van der Waals surface area contributed by atoms with Gasteiger partial charge in [-0.1, -0.05) is 23.7 Å². The molecular formula is C21H22ClNO4S. The van der Waals surface area contributed by atoms with Gasteiger partial charge in [0.1, 0.15) is 0 Å². The Morgan fingerprint density at radius 1 is 1.21 bits per heavy atom. The number of halogens is 1. The van der Waals surface area contributed by atoms with Crippen molar-refractivity contribution in [3.63, 3.8) is 0 Å². The van der Waals surface area contributed by atoms with Crippen LogP contribution in [0.3, 0.4) is 0 Å². The minimum atomic E-state index is -0.907. The van der Waals surface area contributed by atoms with Crippen LogP contribution in [-0.4, -0.2) is 37.2 Å². The molecule has 1 aliphatic carbocycles. The Balaban J connectivity index is 1.43. The fourth-order valence-corrected chi connectivity index (χ4v) is 5.57. The van der Waals surface area contributed by atoms with Gasteiger partial charge in [0.2, 0.25) is 0 Å². The lowest BCUT2D eigenvalue weighted by Gasteiger charge is -2.33. The van der Waals surface area contributed by atoms with Crippen LogP contribution in [0.4, 0.5) is 5.69 Å². The number of nitrogens with zero attached hydrogens (tertiary/aromatic N) is 1. The van der Waals surface area contributed by atoms with Crippen LogP contribution >= 0.6 is 22.9 Å². The SMILES string of the molecule is COC(=O)C1(c2ccc(N3CCC(c4sc(Cl)cc4C(=O)O)CC3)cc2)CC1. The molecule has 0 bridgehead atoms. The topological polar surface area (TPSA) is 66.8 Å². The van der Waals surface area contributed by atoms with Crippen molar-refractivity contribution in [3.05, 3.63) is 50.7 Å². The van der Waals surface area contributed by atoms with E-state index < -0.39 is 11.4 Å². The van der Waals surface area contributed by atoms with E-state index in [2.05, 4.69) is 17.0 Å². The molecule has 1 saturated heterocycles. The second kappa shape index (κ2) is 7.41. The molecule has 2 heterocycles. The maximum absolute atomic E-state index is 12.0. The van der Waals surface area contributed by atoms with Crippen LogP contribution in [0.2, 0.25) is 4.34 Å². The Labute approximate surface area is 172 Å². The van der Waals surface area contributed by atoms with Gasteiger partial charge in [0.25, 0.3) is 0 Å². The molecule has 1 aromatic carbocycles. The average molecular weight is 420 g/mol. The number of methoxy groups -OCH3 is 1. The number of thiophene rings is 1. The lowest BCUT2D eigenvalue weighted by Crippen LogP contribution is -2.33. The summed E-state index contributed by atoms with van der Waals surface area (Å²) in [6.45, 7) is 1.72. The number of carboxylic acid groups (broad SMARTS) is 1. The first-order chi connectivity index (χ1) is 13.4. The molecular weight excluding hydrogens is 398 g/mol. The normalized spacial score (nSPS) is 18.7. The second-order valence-electron chi connectivity index (χ2n) is 7.52. The lowest BCUT2D eigenvalue weighted by molar-refractivity contribution is -0.143. The highest BCUT2D eigenvalue weighted by Crippen LogP contribution is 2.49. The molecule has 28 heavy (non-hydrogen) atoms. The minimum absolute atomic E-state index is 0.148. The van der Waals surface area contributed by atoms with E-state index >= 15 is 0 Å². The third kappa shape index (κ3) is 3.40. The molecule has 1 saturated carbocycles. The van der Waals surface area contributed by atoms with E-state index in [4.69, 9.17) is 16.3 Å². The molecule has 2 fully saturated rings. The lowest BCUT2D eigenvalue weighted by atomic mass is 9.92. The average Bonchev–Trinajstić information content (AvgIpc) is 3.43. The predicted molar refractivity (Wildman–Crippen MR) is 110 cm³/mol. The van der Waals surface area contributed by atoms with Crippen molar-refractivity contribution in [3.8, 4) is 0 Å². The number of aromatic carboxylic acids is 1. The number of carboxylic acids is 1. The summed E-state index contributed by atoms with van der Waals surface area (Å²) in [5.74, 6) is -0.825.